The molecule has 7 heteroatoms. The summed E-state index contributed by atoms with van der Waals surface area (Å²) in [6, 6.07) is 14.6. The average molecular weight is 447 g/mol. The summed E-state index contributed by atoms with van der Waals surface area (Å²) < 4.78 is 0. The number of anilines is 1. The Kier molecular flexibility index (Phi) is 7.60. The van der Waals surface area contributed by atoms with Gasteiger partial charge >= 0.3 is 0 Å². The van der Waals surface area contributed by atoms with E-state index in [9.17, 15) is 4.79 Å². The van der Waals surface area contributed by atoms with Gasteiger partial charge in [-0.1, -0.05) is 42.5 Å². The maximum absolute atomic E-state index is 11.7. The number of nitrogens with two attached hydrogens (primary N) is 1. The van der Waals surface area contributed by atoms with Crippen LogP contribution in [-0.4, -0.2) is 54.5 Å². The van der Waals surface area contributed by atoms with Gasteiger partial charge in [0.05, 0.1) is 12.5 Å². The Bertz CT molecular complexity index is 1000. The topological polar surface area (TPSA) is 86.9 Å². The molecular weight excluding hydrogens is 412 g/mol. The van der Waals surface area contributed by atoms with Crippen molar-refractivity contribution in [1.82, 2.24) is 15.2 Å². The van der Waals surface area contributed by atoms with Crippen molar-refractivity contribution in [1.29, 1.82) is 0 Å². The summed E-state index contributed by atoms with van der Waals surface area (Å²) in [5.74, 6) is 1.49. The molecule has 0 spiro atoms. The number of aromatic nitrogens is 1. The number of piperidine rings is 1. The molecule has 174 valence electrons. The molecule has 1 atom stereocenters. The molecule has 2 aliphatic rings. The smallest absolute Gasteiger partial charge is 0.222 e. The fourth-order valence-corrected chi connectivity index (χ4v) is 4.60. The van der Waals surface area contributed by atoms with E-state index in [-0.39, 0.29) is 11.8 Å². The van der Waals surface area contributed by atoms with E-state index in [1.165, 1.54) is 11.1 Å². The molecule has 0 saturated carbocycles. The number of nitrogens with zero attached hydrogens (tertiary/aromatic N) is 4. The molecular formula is C26H34N6O. The fourth-order valence-electron chi connectivity index (χ4n) is 4.60. The number of nitrogens with one attached hydrogen (secondary N) is 1. The van der Waals surface area contributed by atoms with Crippen molar-refractivity contribution in [3.05, 3.63) is 65.9 Å². The highest BCUT2D eigenvalue weighted by molar-refractivity contribution is 5.81. The summed E-state index contributed by atoms with van der Waals surface area (Å²) in [6.45, 7) is 6.73. The maximum Gasteiger partial charge on any atom is 0.222 e. The third-order valence-corrected chi connectivity index (χ3v) is 6.38. The number of hydrogen-bond acceptors (Lipinski definition) is 4. The first-order chi connectivity index (χ1) is 16.2. The predicted molar refractivity (Wildman–Crippen MR) is 134 cm³/mol. The number of hydrogen-bond donors (Lipinski definition) is 2. The maximum atomic E-state index is 11.7. The fraction of sp³-hybridized carbons (Fsp3) is 0.423. The van der Waals surface area contributed by atoms with Crippen LogP contribution in [0.4, 0.5) is 5.82 Å². The van der Waals surface area contributed by atoms with E-state index in [1.807, 2.05) is 12.3 Å². The second kappa shape index (κ2) is 11.0. The van der Waals surface area contributed by atoms with E-state index >= 15 is 0 Å². The average Bonchev–Trinajstić information content (AvgIpc) is 2.87. The van der Waals surface area contributed by atoms with Gasteiger partial charge in [-0.25, -0.2) is 9.98 Å². The quantitative estimate of drug-likeness (QED) is 0.526. The third-order valence-electron chi connectivity index (χ3n) is 6.38. The van der Waals surface area contributed by atoms with Crippen LogP contribution < -0.4 is 16.0 Å². The Morgan fingerprint density at radius 3 is 2.79 bits per heavy atom. The first-order valence-electron chi connectivity index (χ1n) is 11.9. The number of carbonyl (C=O) groups is 1. The van der Waals surface area contributed by atoms with E-state index in [4.69, 9.17) is 10.7 Å². The minimum atomic E-state index is -0.224. The van der Waals surface area contributed by atoms with Crippen LogP contribution in [0.25, 0.3) is 5.57 Å². The molecule has 2 aliphatic heterocycles. The molecule has 2 aromatic rings. The van der Waals surface area contributed by atoms with Gasteiger partial charge in [-0.05, 0) is 43.4 Å². The molecule has 4 rings (SSSR count). The van der Waals surface area contributed by atoms with Gasteiger partial charge in [-0.15, -0.1) is 0 Å². The Balaban J connectivity index is 1.48. The largest absolute Gasteiger partial charge is 0.369 e. The number of aliphatic imine (C=N–C) groups is 1. The van der Waals surface area contributed by atoms with Crippen LogP contribution >= 0.6 is 0 Å². The Hall–Kier alpha value is -3.35. The molecule has 1 amide bonds. The van der Waals surface area contributed by atoms with Crippen LogP contribution in [0.5, 0.6) is 0 Å². The van der Waals surface area contributed by atoms with Crippen LogP contribution in [0.3, 0.4) is 0 Å². The molecule has 33 heavy (non-hydrogen) atoms. The first kappa shape index (κ1) is 22.8. The van der Waals surface area contributed by atoms with Gasteiger partial charge in [0.25, 0.3) is 0 Å². The Morgan fingerprint density at radius 2 is 2.06 bits per heavy atom. The van der Waals surface area contributed by atoms with Gasteiger partial charge in [0.2, 0.25) is 5.91 Å². The van der Waals surface area contributed by atoms with E-state index in [1.54, 1.807) is 0 Å². The van der Waals surface area contributed by atoms with Crippen LogP contribution in [0, 0.1) is 5.92 Å². The second-order valence-corrected chi connectivity index (χ2v) is 8.64. The van der Waals surface area contributed by atoms with Gasteiger partial charge in [0.15, 0.2) is 5.96 Å². The van der Waals surface area contributed by atoms with Gasteiger partial charge in [0.1, 0.15) is 5.82 Å². The lowest BCUT2D eigenvalue weighted by molar-refractivity contribution is -0.122. The Labute approximate surface area is 196 Å². The van der Waals surface area contributed by atoms with E-state index in [0.29, 0.717) is 13.1 Å². The summed E-state index contributed by atoms with van der Waals surface area (Å²) in [6.07, 6.45) is 6.90. The van der Waals surface area contributed by atoms with Crippen molar-refractivity contribution in [2.45, 2.75) is 32.7 Å². The number of benzene rings is 1. The number of primary amides is 1. The molecule has 7 nitrogen and oxygen atoms in total. The second-order valence-electron chi connectivity index (χ2n) is 8.64. The van der Waals surface area contributed by atoms with Crippen LogP contribution in [0.2, 0.25) is 0 Å². The highest BCUT2D eigenvalue weighted by Crippen LogP contribution is 2.25. The molecule has 1 fully saturated rings. The summed E-state index contributed by atoms with van der Waals surface area (Å²) in [7, 11) is 0. The first-order valence-corrected chi connectivity index (χ1v) is 11.9. The molecule has 1 saturated heterocycles. The molecule has 3 heterocycles. The van der Waals surface area contributed by atoms with Crippen LogP contribution in [0.15, 0.2) is 59.7 Å². The summed E-state index contributed by atoms with van der Waals surface area (Å²) in [5.41, 5.74) is 9.34. The zero-order valence-corrected chi connectivity index (χ0v) is 19.4. The summed E-state index contributed by atoms with van der Waals surface area (Å²) in [4.78, 5) is 25.8. The zero-order valence-electron chi connectivity index (χ0n) is 19.4. The number of carbonyl (C=O) groups excluding carboxylic acids is 1. The van der Waals surface area contributed by atoms with E-state index in [0.717, 1.165) is 62.8 Å². The SMILES string of the molecule is CCNC(=NCc1cccnc1N1CCCC(C(N)=O)C1)N1CC=C(c2ccccc2)CC1. The Morgan fingerprint density at radius 1 is 1.21 bits per heavy atom. The lowest BCUT2D eigenvalue weighted by Gasteiger charge is -2.33. The van der Waals surface area contributed by atoms with Gasteiger partial charge in [-0.3, -0.25) is 4.79 Å². The summed E-state index contributed by atoms with van der Waals surface area (Å²) >= 11 is 0. The van der Waals surface area contributed by atoms with Gasteiger partial charge in [0, 0.05) is 44.5 Å². The zero-order chi connectivity index (χ0) is 23.0. The normalized spacial score (nSPS) is 19.2. The predicted octanol–water partition coefficient (Wildman–Crippen LogP) is 3.04. The number of amides is 1. The molecule has 3 N–H and O–H groups in total. The lowest BCUT2D eigenvalue weighted by Crippen LogP contribution is -2.43. The van der Waals surface area contributed by atoms with Crippen LogP contribution in [0.1, 0.15) is 37.3 Å². The monoisotopic (exact) mass is 446 g/mol. The molecule has 0 radical (unpaired) electrons. The molecule has 1 unspecified atom stereocenters. The minimum Gasteiger partial charge on any atom is -0.369 e. The highest BCUT2D eigenvalue weighted by atomic mass is 16.1. The molecule has 0 bridgehead atoms. The van der Waals surface area contributed by atoms with Crippen molar-refractivity contribution in [3.63, 3.8) is 0 Å². The van der Waals surface area contributed by atoms with E-state index < -0.39 is 0 Å². The molecule has 1 aromatic heterocycles. The number of rotatable bonds is 6. The van der Waals surface area contributed by atoms with Crippen molar-refractivity contribution in [3.8, 4) is 0 Å². The molecule has 1 aromatic carbocycles. The number of pyridine rings is 1. The lowest BCUT2D eigenvalue weighted by atomic mass is 9.97. The van der Waals surface area contributed by atoms with Crippen molar-refractivity contribution in [2.24, 2.45) is 16.6 Å². The van der Waals surface area contributed by atoms with E-state index in [2.05, 4.69) is 69.5 Å². The van der Waals surface area contributed by atoms with Crippen LogP contribution in [-0.2, 0) is 11.3 Å². The van der Waals surface area contributed by atoms with Crippen molar-refractivity contribution >= 4 is 23.3 Å². The minimum absolute atomic E-state index is 0.117. The molecule has 0 aliphatic carbocycles. The highest BCUT2D eigenvalue weighted by Gasteiger charge is 2.26. The standard InChI is InChI=1S/C26H34N6O/c1-2-28-26(31-16-12-21(13-17-31)20-8-4-3-5-9-20)30-18-22-10-6-14-29-25(22)32-15-7-11-23(19-32)24(27)33/h3-6,8-10,12,14,23H,2,7,11,13,15-19H2,1H3,(H2,27,33)(H,28,30). The summed E-state index contributed by atoms with van der Waals surface area (Å²) in [5, 5.41) is 3.45. The number of guanidine groups is 1. The van der Waals surface area contributed by atoms with Gasteiger partial charge in [-0.2, -0.15) is 0 Å². The van der Waals surface area contributed by atoms with Gasteiger partial charge < -0.3 is 20.9 Å². The third kappa shape index (κ3) is 5.72. The van der Waals surface area contributed by atoms with Crippen molar-refractivity contribution in [2.75, 3.05) is 37.6 Å². The van der Waals surface area contributed by atoms with Crippen molar-refractivity contribution < 1.29 is 4.79 Å².